The summed E-state index contributed by atoms with van der Waals surface area (Å²) < 4.78 is 46.2. The van der Waals surface area contributed by atoms with Crippen molar-refractivity contribution in [1.29, 1.82) is 0 Å². The third kappa shape index (κ3) is 3.65. The fourth-order valence-corrected chi connectivity index (χ4v) is 2.13. The minimum absolute atomic E-state index is 0.132. The molecule has 8 heteroatoms. The average Bonchev–Trinajstić information content (AvgIpc) is 2.57. The van der Waals surface area contributed by atoms with Crippen LogP contribution in [0.4, 0.5) is 24.0 Å². The van der Waals surface area contributed by atoms with E-state index in [1.807, 2.05) is 0 Å². The van der Waals surface area contributed by atoms with E-state index in [-0.39, 0.29) is 18.1 Å². The standard InChI is InChI=1S/C9H14F3N3OS/c1-3-15(5-9(10,11)12)8-6(16-4-2)7(13)14-17-8/h3-5H2,1-2H3,(H2,13,14). The van der Waals surface area contributed by atoms with Gasteiger partial charge in [0.2, 0.25) is 0 Å². The zero-order valence-corrected chi connectivity index (χ0v) is 10.4. The summed E-state index contributed by atoms with van der Waals surface area (Å²) in [5, 5.41) is 0.323. The van der Waals surface area contributed by atoms with Crippen LogP contribution in [0, 0.1) is 0 Å². The molecule has 0 aliphatic heterocycles. The van der Waals surface area contributed by atoms with Gasteiger partial charge in [0.1, 0.15) is 6.54 Å². The summed E-state index contributed by atoms with van der Waals surface area (Å²) in [5.41, 5.74) is 5.55. The summed E-state index contributed by atoms with van der Waals surface area (Å²) in [6.07, 6.45) is -4.27. The first kappa shape index (κ1) is 13.9. The molecular weight excluding hydrogens is 255 g/mol. The quantitative estimate of drug-likeness (QED) is 0.892. The Kier molecular flexibility index (Phi) is 4.44. The molecule has 1 aromatic rings. The molecule has 0 fully saturated rings. The molecule has 1 heterocycles. The SMILES string of the molecule is CCOc1c(N)nsc1N(CC)CC(F)(F)F. The monoisotopic (exact) mass is 269 g/mol. The molecule has 0 atom stereocenters. The normalized spacial score (nSPS) is 11.6. The van der Waals surface area contributed by atoms with Gasteiger partial charge in [-0.2, -0.15) is 17.5 Å². The van der Waals surface area contributed by atoms with Gasteiger partial charge in [0, 0.05) is 6.54 Å². The van der Waals surface area contributed by atoms with E-state index in [0.717, 1.165) is 16.4 Å². The first-order chi connectivity index (χ1) is 7.89. The minimum atomic E-state index is -4.27. The van der Waals surface area contributed by atoms with Gasteiger partial charge < -0.3 is 15.4 Å². The molecule has 0 saturated heterocycles. The van der Waals surface area contributed by atoms with E-state index >= 15 is 0 Å². The van der Waals surface area contributed by atoms with E-state index in [0.29, 0.717) is 11.6 Å². The molecule has 0 aromatic carbocycles. The van der Waals surface area contributed by atoms with Gasteiger partial charge in [-0.3, -0.25) is 0 Å². The van der Waals surface area contributed by atoms with Crippen molar-refractivity contribution in [2.75, 3.05) is 30.3 Å². The molecular formula is C9H14F3N3OS. The fourth-order valence-electron chi connectivity index (χ4n) is 1.31. The maximum atomic E-state index is 12.4. The lowest BCUT2D eigenvalue weighted by atomic mass is 10.4. The number of ether oxygens (including phenoxy) is 1. The average molecular weight is 269 g/mol. The lowest BCUT2D eigenvalue weighted by molar-refractivity contribution is -0.119. The minimum Gasteiger partial charge on any atom is -0.487 e. The highest BCUT2D eigenvalue weighted by atomic mass is 32.1. The van der Waals surface area contributed by atoms with E-state index in [4.69, 9.17) is 10.5 Å². The number of nitrogens with two attached hydrogens (primary N) is 1. The highest BCUT2D eigenvalue weighted by molar-refractivity contribution is 7.11. The van der Waals surface area contributed by atoms with Gasteiger partial charge in [0.05, 0.1) is 6.61 Å². The van der Waals surface area contributed by atoms with Gasteiger partial charge in [0.25, 0.3) is 0 Å². The van der Waals surface area contributed by atoms with E-state index in [1.165, 1.54) is 0 Å². The Balaban J connectivity index is 2.95. The first-order valence-corrected chi connectivity index (χ1v) is 5.86. The third-order valence-electron chi connectivity index (χ3n) is 1.99. The second kappa shape index (κ2) is 5.44. The highest BCUT2D eigenvalue weighted by Gasteiger charge is 2.32. The Morgan fingerprint density at radius 2 is 2.06 bits per heavy atom. The molecule has 0 bridgehead atoms. The van der Waals surface area contributed by atoms with Crippen LogP contribution in [0.25, 0.3) is 0 Å². The van der Waals surface area contributed by atoms with Crippen molar-refractivity contribution >= 4 is 22.4 Å². The number of hydrogen-bond donors (Lipinski definition) is 1. The van der Waals surface area contributed by atoms with E-state index in [1.54, 1.807) is 13.8 Å². The molecule has 1 rings (SSSR count). The van der Waals surface area contributed by atoms with Gasteiger partial charge in [0.15, 0.2) is 16.6 Å². The maximum absolute atomic E-state index is 12.4. The number of nitrogens with zero attached hydrogens (tertiary/aromatic N) is 2. The fraction of sp³-hybridized carbons (Fsp3) is 0.667. The van der Waals surface area contributed by atoms with Crippen LogP contribution in [-0.4, -0.2) is 30.2 Å². The second-order valence-corrected chi connectivity index (χ2v) is 4.02. The predicted molar refractivity (Wildman–Crippen MR) is 61.6 cm³/mol. The summed E-state index contributed by atoms with van der Waals surface area (Å²) in [6.45, 7) is 2.88. The summed E-state index contributed by atoms with van der Waals surface area (Å²) in [6, 6.07) is 0. The summed E-state index contributed by atoms with van der Waals surface area (Å²) >= 11 is 0.915. The lowest BCUT2D eigenvalue weighted by Crippen LogP contribution is -2.33. The van der Waals surface area contributed by atoms with Gasteiger partial charge in [-0.15, -0.1) is 0 Å². The van der Waals surface area contributed by atoms with Crippen LogP contribution in [-0.2, 0) is 0 Å². The Morgan fingerprint density at radius 1 is 1.41 bits per heavy atom. The predicted octanol–water partition coefficient (Wildman–Crippen LogP) is 2.51. The van der Waals surface area contributed by atoms with Crippen molar-refractivity contribution in [1.82, 2.24) is 4.37 Å². The van der Waals surface area contributed by atoms with E-state index in [2.05, 4.69) is 4.37 Å². The zero-order chi connectivity index (χ0) is 13.1. The second-order valence-electron chi connectivity index (χ2n) is 3.26. The Hall–Kier alpha value is -1.18. The maximum Gasteiger partial charge on any atom is 0.405 e. The molecule has 17 heavy (non-hydrogen) atoms. The molecule has 0 aliphatic rings. The van der Waals surface area contributed by atoms with Crippen LogP contribution in [0.2, 0.25) is 0 Å². The summed E-state index contributed by atoms with van der Waals surface area (Å²) in [7, 11) is 0. The van der Waals surface area contributed by atoms with Crippen LogP contribution >= 0.6 is 11.5 Å². The van der Waals surface area contributed by atoms with Crippen molar-refractivity contribution in [2.45, 2.75) is 20.0 Å². The molecule has 0 radical (unpaired) electrons. The molecule has 0 aliphatic carbocycles. The smallest absolute Gasteiger partial charge is 0.405 e. The molecule has 0 unspecified atom stereocenters. The van der Waals surface area contributed by atoms with Crippen molar-refractivity contribution in [3.63, 3.8) is 0 Å². The molecule has 1 aromatic heterocycles. The highest BCUT2D eigenvalue weighted by Crippen LogP contribution is 2.39. The molecule has 0 saturated carbocycles. The van der Waals surface area contributed by atoms with Crippen LogP contribution in [0.1, 0.15) is 13.8 Å². The number of aromatic nitrogens is 1. The molecule has 0 amide bonds. The van der Waals surface area contributed by atoms with Gasteiger partial charge >= 0.3 is 6.18 Å². The number of rotatable bonds is 5. The number of halogens is 3. The van der Waals surface area contributed by atoms with Gasteiger partial charge in [-0.1, -0.05) is 0 Å². The zero-order valence-electron chi connectivity index (χ0n) is 9.54. The number of nitrogen functional groups attached to an aromatic ring is 1. The van der Waals surface area contributed by atoms with Crippen LogP contribution < -0.4 is 15.4 Å². The van der Waals surface area contributed by atoms with E-state index < -0.39 is 12.7 Å². The molecule has 2 N–H and O–H groups in total. The lowest BCUT2D eigenvalue weighted by Gasteiger charge is -2.23. The van der Waals surface area contributed by atoms with Crippen molar-refractivity contribution in [2.24, 2.45) is 0 Å². The van der Waals surface area contributed by atoms with Gasteiger partial charge in [-0.05, 0) is 25.4 Å². The van der Waals surface area contributed by atoms with Crippen LogP contribution in [0.3, 0.4) is 0 Å². The summed E-state index contributed by atoms with van der Waals surface area (Å²) in [4.78, 5) is 1.15. The molecule has 4 nitrogen and oxygen atoms in total. The molecule has 98 valence electrons. The Labute approximate surface area is 101 Å². The number of alkyl halides is 3. The molecule has 0 spiro atoms. The van der Waals surface area contributed by atoms with Crippen molar-refractivity contribution < 1.29 is 17.9 Å². The summed E-state index contributed by atoms with van der Waals surface area (Å²) in [5.74, 6) is 0.371. The Morgan fingerprint density at radius 3 is 2.53 bits per heavy atom. The van der Waals surface area contributed by atoms with Gasteiger partial charge in [-0.25, -0.2) is 0 Å². The van der Waals surface area contributed by atoms with E-state index in [9.17, 15) is 13.2 Å². The van der Waals surface area contributed by atoms with Crippen molar-refractivity contribution in [3.8, 4) is 5.75 Å². The largest absolute Gasteiger partial charge is 0.487 e. The van der Waals surface area contributed by atoms with Crippen molar-refractivity contribution in [3.05, 3.63) is 0 Å². The number of anilines is 2. The first-order valence-electron chi connectivity index (χ1n) is 5.08. The van der Waals surface area contributed by atoms with Crippen LogP contribution in [0.5, 0.6) is 5.75 Å². The van der Waals surface area contributed by atoms with Crippen LogP contribution in [0.15, 0.2) is 0 Å². The Bertz CT molecular complexity index is 367. The number of hydrogen-bond acceptors (Lipinski definition) is 5. The third-order valence-corrected chi connectivity index (χ3v) is 2.89. The topological polar surface area (TPSA) is 51.4 Å².